The Bertz CT molecular complexity index is 732. The van der Waals surface area contributed by atoms with Crippen LogP contribution >= 0.6 is 0 Å². The highest BCUT2D eigenvalue weighted by atomic mass is 32.2. The van der Waals surface area contributed by atoms with Gasteiger partial charge in [0.05, 0.1) is 18.1 Å². The summed E-state index contributed by atoms with van der Waals surface area (Å²) in [5.41, 5.74) is -0.157. The number of carbonyl (C=O) groups is 1. The van der Waals surface area contributed by atoms with Crippen molar-refractivity contribution in [3.8, 4) is 0 Å². The standard InChI is InChI=1S/C17H28N2O6S/c1-16(2,11-20)13-9-14(25-19-13)18-15(21)17(3,4)26(22,23)10-12-5-7-24-8-6-12/h9,12,20H,5-8,10-11H2,1-4H3,(H,18,21). The van der Waals surface area contributed by atoms with Gasteiger partial charge in [0.25, 0.3) is 0 Å². The smallest absolute Gasteiger partial charge is 0.247 e. The van der Waals surface area contributed by atoms with Crippen LogP contribution in [0.15, 0.2) is 10.6 Å². The molecule has 148 valence electrons. The van der Waals surface area contributed by atoms with Gasteiger partial charge in [0.15, 0.2) is 9.84 Å². The Morgan fingerprint density at radius 1 is 1.31 bits per heavy atom. The summed E-state index contributed by atoms with van der Waals surface area (Å²) in [7, 11) is -3.67. The van der Waals surface area contributed by atoms with Crippen LogP contribution in [0.5, 0.6) is 0 Å². The minimum absolute atomic E-state index is 0.00283. The van der Waals surface area contributed by atoms with Gasteiger partial charge in [0.2, 0.25) is 11.8 Å². The van der Waals surface area contributed by atoms with Crippen LogP contribution < -0.4 is 5.32 Å². The van der Waals surface area contributed by atoms with Gasteiger partial charge in [-0.15, -0.1) is 0 Å². The van der Waals surface area contributed by atoms with Crippen LogP contribution in [0.25, 0.3) is 0 Å². The lowest BCUT2D eigenvalue weighted by Crippen LogP contribution is -2.47. The quantitative estimate of drug-likeness (QED) is 0.726. The van der Waals surface area contributed by atoms with Gasteiger partial charge >= 0.3 is 0 Å². The van der Waals surface area contributed by atoms with E-state index in [1.165, 1.54) is 19.9 Å². The van der Waals surface area contributed by atoms with Gasteiger partial charge in [-0.1, -0.05) is 19.0 Å². The number of ether oxygens (including phenoxy) is 1. The Morgan fingerprint density at radius 3 is 2.50 bits per heavy atom. The number of carbonyl (C=O) groups excluding carboxylic acids is 1. The molecule has 1 aliphatic rings. The van der Waals surface area contributed by atoms with E-state index in [0.717, 1.165) is 0 Å². The van der Waals surface area contributed by atoms with Gasteiger partial charge in [0, 0.05) is 24.7 Å². The molecule has 0 aromatic carbocycles. The van der Waals surface area contributed by atoms with E-state index in [4.69, 9.17) is 9.26 Å². The normalized spacial score (nSPS) is 17.3. The van der Waals surface area contributed by atoms with Gasteiger partial charge in [0.1, 0.15) is 4.75 Å². The zero-order valence-corrected chi connectivity index (χ0v) is 16.6. The first-order chi connectivity index (χ1) is 12.0. The largest absolute Gasteiger partial charge is 0.395 e. The topological polar surface area (TPSA) is 119 Å². The number of sulfone groups is 1. The number of hydrogen-bond donors (Lipinski definition) is 2. The summed E-state index contributed by atoms with van der Waals surface area (Å²) in [4.78, 5) is 12.6. The summed E-state index contributed by atoms with van der Waals surface area (Å²) in [5.74, 6) is -0.659. The molecule has 9 heteroatoms. The van der Waals surface area contributed by atoms with Crippen molar-refractivity contribution in [3.63, 3.8) is 0 Å². The summed E-state index contributed by atoms with van der Waals surface area (Å²) in [6.07, 6.45) is 1.36. The average molecular weight is 388 g/mol. The zero-order chi connectivity index (χ0) is 19.6. The molecular formula is C17H28N2O6S. The molecule has 0 spiro atoms. The molecule has 2 rings (SSSR count). The van der Waals surface area contributed by atoms with Crippen LogP contribution in [0.3, 0.4) is 0 Å². The third kappa shape index (κ3) is 4.44. The highest BCUT2D eigenvalue weighted by Crippen LogP contribution is 2.28. The predicted octanol–water partition coefficient (Wildman–Crippen LogP) is 1.50. The number of nitrogens with one attached hydrogen (secondary N) is 1. The van der Waals surface area contributed by atoms with Gasteiger partial charge in [-0.2, -0.15) is 0 Å². The van der Waals surface area contributed by atoms with Crippen LogP contribution in [0.1, 0.15) is 46.2 Å². The van der Waals surface area contributed by atoms with Gasteiger partial charge in [-0.3, -0.25) is 10.1 Å². The molecule has 8 nitrogen and oxygen atoms in total. The Labute approximate surface area is 154 Å². The zero-order valence-electron chi connectivity index (χ0n) is 15.7. The Morgan fingerprint density at radius 2 is 1.92 bits per heavy atom. The molecule has 0 saturated carbocycles. The number of rotatable bonds is 7. The number of hydrogen-bond acceptors (Lipinski definition) is 7. The molecule has 1 aliphatic heterocycles. The minimum Gasteiger partial charge on any atom is -0.395 e. The Balaban J connectivity index is 2.09. The second kappa shape index (κ2) is 7.66. The lowest BCUT2D eigenvalue weighted by Gasteiger charge is -2.28. The van der Waals surface area contributed by atoms with Crippen LogP contribution in [0.2, 0.25) is 0 Å². The fourth-order valence-electron chi connectivity index (χ4n) is 2.57. The predicted molar refractivity (Wildman–Crippen MR) is 96.7 cm³/mol. The number of aliphatic hydroxyl groups is 1. The van der Waals surface area contributed by atoms with Gasteiger partial charge < -0.3 is 14.4 Å². The van der Waals surface area contributed by atoms with E-state index < -0.39 is 25.9 Å². The number of anilines is 1. The minimum atomic E-state index is -3.67. The summed E-state index contributed by atoms with van der Waals surface area (Å²) >= 11 is 0. The van der Waals surface area contributed by atoms with Crippen LogP contribution in [-0.2, 0) is 24.8 Å². The van der Waals surface area contributed by atoms with Crippen LogP contribution in [0, 0.1) is 5.92 Å². The van der Waals surface area contributed by atoms with Crippen molar-refractivity contribution in [2.45, 2.75) is 50.7 Å². The van der Waals surface area contributed by atoms with E-state index in [0.29, 0.717) is 31.7 Å². The second-order valence-electron chi connectivity index (χ2n) is 7.92. The molecule has 1 saturated heterocycles. The summed E-state index contributed by atoms with van der Waals surface area (Å²) in [6.45, 7) is 7.30. The second-order valence-corrected chi connectivity index (χ2v) is 10.5. The van der Waals surface area contributed by atoms with Gasteiger partial charge in [-0.25, -0.2) is 8.42 Å². The average Bonchev–Trinajstić information content (AvgIpc) is 3.04. The van der Waals surface area contributed by atoms with Crippen molar-refractivity contribution in [2.24, 2.45) is 5.92 Å². The first kappa shape index (κ1) is 20.9. The fourth-order valence-corrected chi connectivity index (χ4v) is 4.27. The van der Waals surface area contributed by atoms with Crippen molar-refractivity contribution in [3.05, 3.63) is 11.8 Å². The highest BCUT2D eigenvalue weighted by molar-refractivity contribution is 7.93. The van der Waals surface area contributed by atoms with Crippen LogP contribution in [0.4, 0.5) is 5.88 Å². The van der Waals surface area contributed by atoms with E-state index >= 15 is 0 Å². The number of aliphatic hydroxyl groups excluding tert-OH is 1. The third-order valence-corrected chi connectivity index (χ3v) is 7.61. The van der Waals surface area contributed by atoms with E-state index in [-0.39, 0.29) is 24.2 Å². The molecular weight excluding hydrogens is 360 g/mol. The van der Waals surface area contributed by atoms with Crippen molar-refractivity contribution in [1.82, 2.24) is 5.16 Å². The maximum absolute atomic E-state index is 12.8. The number of nitrogens with zero attached hydrogens (tertiary/aromatic N) is 1. The molecule has 0 atom stereocenters. The molecule has 1 amide bonds. The number of amides is 1. The van der Waals surface area contributed by atoms with E-state index in [1.807, 2.05) is 0 Å². The molecule has 0 radical (unpaired) electrons. The first-order valence-electron chi connectivity index (χ1n) is 8.69. The highest BCUT2D eigenvalue weighted by Gasteiger charge is 2.43. The van der Waals surface area contributed by atoms with Crippen molar-refractivity contribution < 1.29 is 27.6 Å². The van der Waals surface area contributed by atoms with E-state index in [1.54, 1.807) is 13.8 Å². The molecule has 0 bridgehead atoms. The molecule has 2 heterocycles. The summed E-state index contributed by atoms with van der Waals surface area (Å²) in [5, 5.41) is 15.7. The monoisotopic (exact) mass is 388 g/mol. The summed E-state index contributed by atoms with van der Waals surface area (Å²) < 4.78 is 34.3. The molecule has 2 N–H and O–H groups in total. The summed E-state index contributed by atoms with van der Waals surface area (Å²) in [6, 6.07) is 1.50. The lowest BCUT2D eigenvalue weighted by molar-refractivity contribution is -0.118. The Hall–Kier alpha value is -1.45. The van der Waals surface area contributed by atoms with Crippen molar-refractivity contribution in [1.29, 1.82) is 0 Å². The molecule has 1 aromatic rings. The van der Waals surface area contributed by atoms with Crippen LogP contribution in [-0.4, -0.2) is 54.9 Å². The number of aromatic nitrogens is 1. The van der Waals surface area contributed by atoms with Crippen molar-refractivity contribution >= 4 is 21.6 Å². The third-order valence-electron chi connectivity index (χ3n) is 4.96. The fraction of sp³-hybridized carbons (Fsp3) is 0.765. The van der Waals surface area contributed by atoms with E-state index in [9.17, 15) is 18.3 Å². The lowest BCUT2D eigenvalue weighted by atomic mass is 9.91. The maximum Gasteiger partial charge on any atom is 0.247 e. The molecule has 26 heavy (non-hydrogen) atoms. The van der Waals surface area contributed by atoms with Gasteiger partial charge in [-0.05, 0) is 32.6 Å². The molecule has 0 unspecified atom stereocenters. The first-order valence-corrected chi connectivity index (χ1v) is 10.3. The molecule has 0 aliphatic carbocycles. The molecule has 1 aromatic heterocycles. The van der Waals surface area contributed by atoms with E-state index in [2.05, 4.69) is 10.5 Å². The molecule has 1 fully saturated rings. The Kier molecular flexibility index (Phi) is 6.14. The van der Waals surface area contributed by atoms with Crippen molar-refractivity contribution in [2.75, 3.05) is 30.9 Å². The maximum atomic E-state index is 12.8. The SMILES string of the molecule is CC(C)(CO)c1cc(NC(=O)C(C)(C)S(=O)(=O)CC2CCOCC2)on1.